The number of hydrogen-bond acceptors (Lipinski definition) is 7. The van der Waals surface area contributed by atoms with Crippen LogP contribution in [0.3, 0.4) is 0 Å². The van der Waals surface area contributed by atoms with Crippen LogP contribution < -0.4 is 0 Å². The van der Waals surface area contributed by atoms with E-state index >= 15 is 0 Å². The van der Waals surface area contributed by atoms with Crippen LogP contribution in [-0.2, 0) is 32.7 Å². The third kappa shape index (κ3) is 85.5. The van der Waals surface area contributed by atoms with Crippen molar-refractivity contribution >= 4 is 19.8 Å². The highest BCUT2D eigenvalue weighted by atomic mass is 31.2. The summed E-state index contributed by atoms with van der Waals surface area (Å²) in [4.78, 5) is 36.0. The Hall–Kier alpha value is -5.41. The molecule has 0 fully saturated rings. The molecule has 2 atom stereocenters. The molecule has 0 aliphatic heterocycles. The Morgan fingerprint density at radius 1 is 0.298 bits per heavy atom. The Balaban J connectivity index is 4.06. The summed E-state index contributed by atoms with van der Waals surface area (Å²) in [5.74, 6) is -0.851. The summed E-state index contributed by atoms with van der Waals surface area (Å²) in [5.41, 5.74) is 0. The molecule has 0 spiro atoms. The molecule has 588 valence electrons. The Bertz CT molecular complexity index is 2520. The van der Waals surface area contributed by atoms with Crippen LogP contribution in [0.25, 0.3) is 0 Å². The molecule has 9 nitrogen and oxygen atoms in total. The number of allylic oxidation sites excluding steroid dienone is 34. The Kier molecular flexibility index (Phi) is 77.4. The number of esters is 2. The molecule has 0 aromatic heterocycles. The van der Waals surface area contributed by atoms with Gasteiger partial charge in [0.1, 0.15) is 19.8 Å². The number of unbranched alkanes of at least 4 members (excludes halogenated alkanes) is 27. The number of phosphoric acid groups is 1. The highest BCUT2D eigenvalue weighted by Crippen LogP contribution is 2.43. The minimum absolute atomic E-state index is 0.0146. The topological polar surface area (TPSA) is 108 Å². The first-order valence-electron chi connectivity index (χ1n) is 41.8. The van der Waals surface area contributed by atoms with Gasteiger partial charge in [0.25, 0.3) is 0 Å². The minimum Gasteiger partial charge on any atom is -0.462 e. The number of rotatable bonds is 75. The summed E-state index contributed by atoms with van der Waals surface area (Å²) in [5, 5.41) is 0. The molecule has 0 radical (unpaired) electrons. The van der Waals surface area contributed by atoms with Gasteiger partial charge in [-0.3, -0.25) is 18.6 Å². The van der Waals surface area contributed by atoms with Crippen molar-refractivity contribution in [2.24, 2.45) is 0 Å². The summed E-state index contributed by atoms with van der Waals surface area (Å²) in [7, 11) is 1.43. The summed E-state index contributed by atoms with van der Waals surface area (Å²) >= 11 is 0. The summed E-state index contributed by atoms with van der Waals surface area (Å²) in [6, 6.07) is 0. The first-order valence-corrected chi connectivity index (χ1v) is 43.3. The van der Waals surface area contributed by atoms with Gasteiger partial charge in [-0.15, -0.1) is 0 Å². The fourth-order valence-electron chi connectivity index (χ4n) is 11.0. The SMILES string of the molecule is CC/C=C\C/C=C\C/C=C\C/C=C\C/C=C\C/C=C\C/C=C\C/C=C\C/C=C\C/C=C\C/C=C\C/C=C\CCCCC(=O)OC(COC(=O)CCCCCCCCCCCCCCCCCCCCCCCCCCC/C=C\C/C=C\C/C=C\C/C=C\C/C=C\CC)COP(=O)(O)OCC[N+](C)(C)C. The molecule has 10 heteroatoms. The molecule has 104 heavy (non-hydrogen) atoms. The highest BCUT2D eigenvalue weighted by Gasteiger charge is 2.27. The number of carbonyl (C=O) groups is 2. The van der Waals surface area contributed by atoms with Gasteiger partial charge in [0.15, 0.2) is 6.10 Å². The number of quaternary nitrogens is 1. The van der Waals surface area contributed by atoms with Crippen molar-refractivity contribution in [3.8, 4) is 0 Å². The second-order valence-electron chi connectivity index (χ2n) is 28.4. The van der Waals surface area contributed by atoms with E-state index in [1.807, 2.05) is 21.1 Å². The number of likely N-dealkylation sites (N-methyl/N-ethyl adjacent to an activating group) is 1. The summed E-state index contributed by atoms with van der Waals surface area (Å²) in [6.45, 7) is 4.16. The van der Waals surface area contributed by atoms with Gasteiger partial charge in [-0.25, -0.2) is 4.57 Å². The lowest BCUT2D eigenvalue weighted by molar-refractivity contribution is -0.870. The molecule has 0 aromatic rings. The highest BCUT2D eigenvalue weighted by molar-refractivity contribution is 7.47. The van der Waals surface area contributed by atoms with Crippen LogP contribution >= 0.6 is 7.82 Å². The first-order chi connectivity index (χ1) is 51.0. The standard InChI is InChI=1S/C94H154NO8P/c1-6-8-10-12-14-16-18-20-22-24-26-28-30-32-34-36-38-40-42-44-46-47-49-50-52-54-56-58-60-62-64-66-68-70-72-74-76-78-80-82-84-86-93(96)100-90-92(91-102-104(98,99)101-89-88-95(3,4)5)103-94(97)87-85-83-81-79-77-75-73-71-69-67-65-63-61-59-57-55-53-51-48-45-43-41-39-37-35-33-31-29-27-25-23-21-19-17-15-13-11-9-7-2/h8-11,14-17,20-23,26-29,32-35,39,41,45,48,53,55,59,61,65,67,71,73,77,79,92H,6-7,12-13,18-19,24-25,30-31,36-38,40,42-44,46-47,49-52,54,56-58,60,62-64,66,68-70,72,74-76,78,80-91H2,1-5H3/p+1/b10-8-,11-9-,16-14-,17-15-,22-20-,23-21-,28-26-,29-27-,34-32-,35-33-,41-39-,48-45-,55-53-,61-59-,67-65-,73-71-,79-77-. The zero-order chi connectivity index (χ0) is 75.4. The average molecular weight is 1460 g/mol. The van der Waals surface area contributed by atoms with Gasteiger partial charge in [0, 0.05) is 12.8 Å². The van der Waals surface area contributed by atoms with Gasteiger partial charge in [0.05, 0.1) is 27.7 Å². The molecule has 0 aliphatic rings. The van der Waals surface area contributed by atoms with E-state index in [0.29, 0.717) is 17.4 Å². The molecule has 0 saturated carbocycles. The second-order valence-corrected chi connectivity index (χ2v) is 29.8. The zero-order valence-corrected chi connectivity index (χ0v) is 68.1. The normalized spacial score (nSPS) is 14.1. The predicted octanol–water partition coefficient (Wildman–Crippen LogP) is 28.5. The van der Waals surface area contributed by atoms with Crippen LogP contribution in [0.15, 0.2) is 207 Å². The smallest absolute Gasteiger partial charge is 0.462 e. The first kappa shape index (κ1) is 98.6. The molecule has 1 N–H and O–H groups in total. The lowest BCUT2D eigenvalue weighted by atomic mass is 10.0. The van der Waals surface area contributed by atoms with E-state index in [2.05, 4.69) is 220 Å². The van der Waals surface area contributed by atoms with Gasteiger partial charge < -0.3 is 18.9 Å². The lowest BCUT2D eigenvalue weighted by Gasteiger charge is -2.24. The van der Waals surface area contributed by atoms with Crippen molar-refractivity contribution in [1.82, 2.24) is 0 Å². The average Bonchev–Trinajstić information content (AvgIpc) is 0.915. The molecule has 0 aromatic carbocycles. The third-order valence-electron chi connectivity index (χ3n) is 17.3. The number of carbonyl (C=O) groups excluding carboxylic acids is 2. The van der Waals surface area contributed by atoms with Gasteiger partial charge in [-0.05, 0) is 148 Å². The fraction of sp³-hybridized carbons (Fsp3) is 0.617. The zero-order valence-electron chi connectivity index (χ0n) is 67.2. The Morgan fingerprint density at radius 3 is 0.788 bits per heavy atom. The Labute approximate surface area is 640 Å². The molecule has 2 unspecified atom stereocenters. The van der Waals surface area contributed by atoms with Crippen molar-refractivity contribution < 1.29 is 42.1 Å². The van der Waals surface area contributed by atoms with Crippen LogP contribution in [0.5, 0.6) is 0 Å². The molecule has 0 rings (SSSR count). The van der Waals surface area contributed by atoms with E-state index < -0.39 is 26.5 Å². The lowest BCUT2D eigenvalue weighted by Crippen LogP contribution is -2.37. The van der Waals surface area contributed by atoms with Crippen molar-refractivity contribution in [2.75, 3.05) is 47.5 Å². The van der Waals surface area contributed by atoms with Crippen LogP contribution in [-0.4, -0.2) is 74.9 Å². The van der Waals surface area contributed by atoms with E-state index in [0.717, 1.165) is 141 Å². The van der Waals surface area contributed by atoms with Crippen LogP contribution in [0.2, 0.25) is 0 Å². The van der Waals surface area contributed by atoms with E-state index in [9.17, 15) is 19.0 Å². The summed E-state index contributed by atoms with van der Waals surface area (Å²) in [6.07, 6.45) is 128. The van der Waals surface area contributed by atoms with Crippen molar-refractivity contribution in [2.45, 2.75) is 328 Å². The molecule has 0 amide bonds. The molecular weight excluding hydrogens is 1300 g/mol. The largest absolute Gasteiger partial charge is 0.472 e. The van der Waals surface area contributed by atoms with E-state index in [1.54, 1.807) is 0 Å². The number of nitrogens with zero attached hydrogens (tertiary/aromatic N) is 1. The van der Waals surface area contributed by atoms with Crippen LogP contribution in [0, 0.1) is 0 Å². The number of ether oxygens (including phenoxy) is 2. The fourth-order valence-corrected chi connectivity index (χ4v) is 11.8. The molecule has 0 bridgehead atoms. The molecule has 0 saturated heterocycles. The maximum atomic E-state index is 12.9. The van der Waals surface area contributed by atoms with Gasteiger partial charge in [0.2, 0.25) is 0 Å². The van der Waals surface area contributed by atoms with Crippen LogP contribution in [0.1, 0.15) is 322 Å². The van der Waals surface area contributed by atoms with Gasteiger partial charge in [-0.2, -0.15) is 0 Å². The van der Waals surface area contributed by atoms with Crippen molar-refractivity contribution in [3.63, 3.8) is 0 Å². The Morgan fingerprint density at radius 2 is 0.519 bits per heavy atom. The molecular formula is C94H155NO8P+. The van der Waals surface area contributed by atoms with E-state index in [-0.39, 0.29) is 32.0 Å². The maximum absolute atomic E-state index is 12.9. The van der Waals surface area contributed by atoms with E-state index in [4.69, 9.17) is 18.5 Å². The monoisotopic (exact) mass is 1460 g/mol. The second kappa shape index (κ2) is 81.7. The third-order valence-corrected chi connectivity index (χ3v) is 18.3. The minimum atomic E-state index is -4.42. The van der Waals surface area contributed by atoms with Crippen LogP contribution in [0.4, 0.5) is 0 Å². The number of phosphoric ester groups is 1. The molecule has 0 aliphatic carbocycles. The van der Waals surface area contributed by atoms with Gasteiger partial charge >= 0.3 is 19.8 Å². The van der Waals surface area contributed by atoms with Crippen molar-refractivity contribution in [3.05, 3.63) is 207 Å². The van der Waals surface area contributed by atoms with Crippen molar-refractivity contribution in [1.29, 1.82) is 0 Å². The predicted molar refractivity (Wildman–Crippen MR) is 454 cm³/mol. The quantitative estimate of drug-likeness (QED) is 0.0211. The molecule has 0 heterocycles. The summed E-state index contributed by atoms with van der Waals surface area (Å²) < 4.78 is 34.8. The van der Waals surface area contributed by atoms with E-state index in [1.165, 1.54) is 148 Å². The number of hydrogen-bond donors (Lipinski definition) is 1. The van der Waals surface area contributed by atoms with Gasteiger partial charge in [-0.1, -0.05) is 368 Å². The maximum Gasteiger partial charge on any atom is 0.472 e.